The van der Waals surface area contributed by atoms with E-state index in [2.05, 4.69) is 0 Å². The van der Waals surface area contributed by atoms with Gasteiger partial charge >= 0.3 is 0 Å². The lowest BCUT2D eigenvalue weighted by molar-refractivity contribution is -0.125. The SMILES string of the molecule is OC[C@H]1[C@@H](O)[C@H](O)CN2[C@H]1[C@@H](O)[C@H](O)[C@@H]2CO. The van der Waals surface area contributed by atoms with Gasteiger partial charge in [-0.15, -0.1) is 0 Å². The molecule has 2 rings (SSSR count). The van der Waals surface area contributed by atoms with Gasteiger partial charge in [-0.05, 0) is 0 Å². The molecule has 2 aliphatic rings. The van der Waals surface area contributed by atoms with Crippen molar-refractivity contribution in [2.24, 2.45) is 5.92 Å². The van der Waals surface area contributed by atoms with Gasteiger partial charge in [0.1, 0.15) is 0 Å². The molecule has 0 saturated carbocycles. The minimum atomic E-state index is -1.15. The van der Waals surface area contributed by atoms with E-state index >= 15 is 0 Å². The van der Waals surface area contributed by atoms with E-state index in [1.807, 2.05) is 0 Å². The smallest absolute Gasteiger partial charge is 0.0991 e. The highest BCUT2D eigenvalue weighted by molar-refractivity contribution is 5.08. The van der Waals surface area contributed by atoms with Crippen LogP contribution in [0.25, 0.3) is 0 Å². The third kappa shape index (κ3) is 1.88. The molecular formula is C10H19NO6. The normalized spacial score (nSPS) is 51.5. The molecule has 0 aromatic rings. The highest BCUT2D eigenvalue weighted by Gasteiger charge is 2.55. The maximum absolute atomic E-state index is 9.89. The predicted molar refractivity (Wildman–Crippen MR) is 56.0 cm³/mol. The number of aliphatic hydroxyl groups is 6. The molecule has 17 heavy (non-hydrogen) atoms. The maximum atomic E-state index is 9.89. The van der Waals surface area contributed by atoms with E-state index in [0.717, 1.165) is 0 Å². The Hall–Kier alpha value is -0.280. The van der Waals surface area contributed by atoms with Crippen LogP contribution in [0.3, 0.4) is 0 Å². The summed E-state index contributed by atoms with van der Waals surface area (Å²) in [4.78, 5) is 1.56. The molecule has 0 radical (unpaired) electrons. The van der Waals surface area contributed by atoms with Crippen LogP contribution in [0.15, 0.2) is 0 Å². The highest BCUT2D eigenvalue weighted by Crippen LogP contribution is 2.35. The Morgan fingerprint density at radius 1 is 0.882 bits per heavy atom. The van der Waals surface area contributed by atoms with Gasteiger partial charge in [0.15, 0.2) is 0 Å². The predicted octanol–water partition coefficient (Wildman–Crippen LogP) is -3.90. The Morgan fingerprint density at radius 3 is 2.06 bits per heavy atom. The van der Waals surface area contributed by atoms with Crippen molar-refractivity contribution in [2.45, 2.75) is 36.5 Å². The van der Waals surface area contributed by atoms with Gasteiger partial charge in [-0.25, -0.2) is 0 Å². The topological polar surface area (TPSA) is 125 Å². The zero-order valence-corrected chi connectivity index (χ0v) is 9.29. The first-order chi connectivity index (χ1) is 8.02. The van der Waals surface area contributed by atoms with Crippen molar-refractivity contribution in [3.63, 3.8) is 0 Å². The van der Waals surface area contributed by atoms with E-state index in [-0.39, 0.29) is 13.2 Å². The van der Waals surface area contributed by atoms with E-state index in [4.69, 9.17) is 0 Å². The molecule has 7 heteroatoms. The number of nitrogens with zero attached hydrogens (tertiary/aromatic N) is 1. The average Bonchev–Trinajstić information content (AvgIpc) is 2.54. The van der Waals surface area contributed by atoms with Crippen molar-refractivity contribution in [3.05, 3.63) is 0 Å². The Kier molecular flexibility index (Phi) is 3.69. The summed E-state index contributed by atoms with van der Waals surface area (Å²) in [6.45, 7) is -0.696. The molecule has 0 aliphatic carbocycles. The summed E-state index contributed by atoms with van der Waals surface area (Å²) in [5, 5.41) is 57.5. The number of piperidine rings is 1. The molecule has 2 saturated heterocycles. The van der Waals surface area contributed by atoms with E-state index in [1.54, 1.807) is 4.90 Å². The van der Waals surface area contributed by atoms with Crippen LogP contribution >= 0.6 is 0 Å². The number of hydrogen-bond donors (Lipinski definition) is 6. The second-order valence-corrected chi connectivity index (χ2v) is 4.82. The van der Waals surface area contributed by atoms with Crippen molar-refractivity contribution in [2.75, 3.05) is 19.8 Å². The Morgan fingerprint density at radius 2 is 1.53 bits per heavy atom. The highest BCUT2D eigenvalue weighted by atomic mass is 16.3. The van der Waals surface area contributed by atoms with Crippen molar-refractivity contribution in [1.82, 2.24) is 4.90 Å². The molecular weight excluding hydrogens is 230 g/mol. The third-order valence-corrected chi connectivity index (χ3v) is 3.97. The Balaban J connectivity index is 2.27. The largest absolute Gasteiger partial charge is 0.396 e. The minimum Gasteiger partial charge on any atom is -0.396 e. The molecule has 0 spiro atoms. The molecule has 0 unspecified atom stereocenters. The summed E-state index contributed by atoms with van der Waals surface area (Å²) in [6, 6.07) is -1.32. The van der Waals surface area contributed by atoms with E-state index in [1.165, 1.54) is 0 Å². The second-order valence-electron chi connectivity index (χ2n) is 4.82. The van der Waals surface area contributed by atoms with Crippen LogP contribution in [0, 0.1) is 5.92 Å². The molecule has 0 aromatic heterocycles. The quantitative estimate of drug-likeness (QED) is 0.295. The average molecular weight is 249 g/mol. The van der Waals surface area contributed by atoms with Crippen molar-refractivity contribution in [1.29, 1.82) is 0 Å². The molecule has 0 bridgehead atoms. The van der Waals surface area contributed by atoms with Crippen molar-refractivity contribution < 1.29 is 30.6 Å². The maximum Gasteiger partial charge on any atom is 0.0991 e. The van der Waals surface area contributed by atoms with Gasteiger partial charge in [-0.1, -0.05) is 0 Å². The molecule has 2 heterocycles. The molecule has 0 amide bonds. The fourth-order valence-electron chi connectivity index (χ4n) is 3.04. The molecule has 7 atom stereocenters. The molecule has 6 N–H and O–H groups in total. The van der Waals surface area contributed by atoms with Crippen molar-refractivity contribution >= 4 is 0 Å². The molecule has 7 nitrogen and oxygen atoms in total. The summed E-state index contributed by atoms with van der Waals surface area (Å²) in [5.41, 5.74) is 0. The molecule has 2 aliphatic heterocycles. The Labute approximate surface area is 98.5 Å². The minimum absolute atomic E-state index is 0.0572. The molecule has 2 fully saturated rings. The lowest BCUT2D eigenvalue weighted by Crippen LogP contribution is -2.61. The lowest BCUT2D eigenvalue weighted by Gasteiger charge is -2.44. The third-order valence-electron chi connectivity index (χ3n) is 3.97. The fourth-order valence-corrected chi connectivity index (χ4v) is 3.04. The van der Waals surface area contributed by atoms with E-state index in [9.17, 15) is 30.6 Å². The number of fused-ring (bicyclic) bond motifs is 1. The zero-order chi connectivity index (χ0) is 12.7. The van der Waals surface area contributed by atoms with Crippen LogP contribution < -0.4 is 0 Å². The van der Waals surface area contributed by atoms with Crippen LogP contribution in [0.4, 0.5) is 0 Å². The van der Waals surface area contributed by atoms with Crippen molar-refractivity contribution in [3.8, 4) is 0 Å². The number of aliphatic hydroxyl groups excluding tert-OH is 6. The molecule has 100 valence electrons. The lowest BCUT2D eigenvalue weighted by atomic mass is 9.84. The first-order valence-corrected chi connectivity index (χ1v) is 5.72. The van der Waals surface area contributed by atoms with Gasteiger partial charge in [-0.3, -0.25) is 4.90 Å². The number of hydrogen-bond acceptors (Lipinski definition) is 7. The summed E-state index contributed by atoms with van der Waals surface area (Å²) in [7, 11) is 0. The van der Waals surface area contributed by atoms with Gasteiger partial charge in [0.05, 0.1) is 43.7 Å². The first kappa shape index (κ1) is 13.2. The second kappa shape index (κ2) is 4.77. The summed E-state index contributed by atoms with van der Waals surface area (Å²) >= 11 is 0. The van der Waals surface area contributed by atoms with Crippen LogP contribution in [0.1, 0.15) is 0 Å². The van der Waals surface area contributed by atoms with Gasteiger partial charge in [-0.2, -0.15) is 0 Å². The van der Waals surface area contributed by atoms with Gasteiger partial charge in [0.2, 0.25) is 0 Å². The number of rotatable bonds is 2. The van der Waals surface area contributed by atoms with Crippen LogP contribution in [-0.2, 0) is 0 Å². The van der Waals surface area contributed by atoms with Gasteiger partial charge in [0.25, 0.3) is 0 Å². The summed E-state index contributed by atoms with van der Waals surface area (Å²) in [5.74, 6) is -0.736. The molecule has 0 aromatic carbocycles. The summed E-state index contributed by atoms with van der Waals surface area (Å²) < 4.78 is 0. The van der Waals surface area contributed by atoms with Crippen LogP contribution in [0.5, 0.6) is 0 Å². The zero-order valence-electron chi connectivity index (χ0n) is 9.29. The van der Waals surface area contributed by atoms with Crippen LogP contribution in [-0.4, -0.2) is 91.8 Å². The summed E-state index contributed by atoms with van der Waals surface area (Å²) in [6.07, 6.45) is -4.49. The standard InChI is InChI=1S/C10H19NO6/c12-2-4-7-10(17)9(16)5(3-13)11(7)1-6(14)8(4)15/h4-10,12-17H,1-3H2/t4-,5+,6-,7-,8-,9-,10-/m1/s1. The van der Waals surface area contributed by atoms with Crippen LogP contribution in [0.2, 0.25) is 0 Å². The van der Waals surface area contributed by atoms with E-state index in [0.29, 0.717) is 0 Å². The van der Waals surface area contributed by atoms with Gasteiger partial charge < -0.3 is 30.6 Å². The Bertz CT molecular complexity index is 278. The fraction of sp³-hybridized carbons (Fsp3) is 1.00. The van der Waals surface area contributed by atoms with E-state index < -0.39 is 49.0 Å². The first-order valence-electron chi connectivity index (χ1n) is 5.72. The van der Waals surface area contributed by atoms with Gasteiger partial charge in [0, 0.05) is 18.5 Å². The monoisotopic (exact) mass is 249 g/mol.